The van der Waals surface area contributed by atoms with Crippen molar-refractivity contribution in [3.63, 3.8) is 0 Å². The quantitative estimate of drug-likeness (QED) is 0.673. The molecule has 1 aromatic heterocycles. The number of piperidine rings is 1. The second-order valence-electron chi connectivity index (χ2n) is 8.69. The van der Waals surface area contributed by atoms with Gasteiger partial charge >= 0.3 is 0 Å². The average Bonchev–Trinajstić information content (AvgIpc) is 3.63. The normalized spacial score (nSPS) is 17.3. The lowest BCUT2D eigenvalue weighted by molar-refractivity contribution is 0.0947. The van der Waals surface area contributed by atoms with Gasteiger partial charge in [-0.25, -0.2) is 0 Å². The number of anilines is 1. The molecule has 0 atom stereocenters. The van der Waals surface area contributed by atoms with Crippen molar-refractivity contribution in [2.75, 3.05) is 24.5 Å². The summed E-state index contributed by atoms with van der Waals surface area (Å²) in [6.45, 7) is 2.69. The average molecular weight is 401 g/mol. The maximum atomic E-state index is 12.7. The molecule has 1 aliphatic carbocycles. The molecule has 5 rings (SSSR count). The summed E-state index contributed by atoms with van der Waals surface area (Å²) < 4.78 is 0. The molecule has 5 nitrogen and oxygen atoms in total. The molecule has 1 saturated carbocycles. The van der Waals surface area contributed by atoms with Crippen LogP contribution in [0.3, 0.4) is 0 Å². The molecule has 2 aromatic carbocycles. The molecule has 154 valence electrons. The minimum atomic E-state index is -0.112. The molecule has 30 heavy (non-hydrogen) atoms. The third kappa shape index (κ3) is 4.16. The van der Waals surface area contributed by atoms with E-state index in [4.69, 9.17) is 0 Å². The molecule has 0 unspecified atom stereocenters. The second kappa shape index (κ2) is 8.42. The summed E-state index contributed by atoms with van der Waals surface area (Å²) in [6.07, 6.45) is 5.86. The number of hydrogen-bond donors (Lipinski definition) is 1. The number of fused-ring (bicyclic) bond motifs is 1. The van der Waals surface area contributed by atoms with Gasteiger partial charge in [0.15, 0.2) is 11.5 Å². The van der Waals surface area contributed by atoms with Gasteiger partial charge < -0.3 is 10.2 Å². The van der Waals surface area contributed by atoms with Crippen molar-refractivity contribution >= 4 is 22.5 Å². The maximum absolute atomic E-state index is 12.7. The summed E-state index contributed by atoms with van der Waals surface area (Å²) in [4.78, 5) is 15.0. The highest BCUT2D eigenvalue weighted by atomic mass is 16.1. The highest BCUT2D eigenvalue weighted by molar-refractivity contribution is 6.07. The van der Waals surface area contributed by atoms with Crippen molar-refractivity contribution < 1.29 is 4.79 Å². The van der Waals surface area contributed by atoms with Crippen LogP contribution in [0.2, 0.25) is 0 Å². The second-order valence-corrected chi connectivity index (χ2v) is 8.69. The van der Waals surface area contributed by atoms with E-state index in [-0.39, 0.29) is 5.91 Å². The van der Waals surface area contributed by atoms with Crippen LogP contribution in [-0.2, 0) is 6.42 Å². The van der Waals surface area contributed by atoms with Gasteiger partial charge in [0.1, 0.15) is 0 Å². The molecule has 1 saturated heterocycles. The molecule has 1 amide bonds. The topological polar surface area (TPSA) is 58.1 Å². The molecule has 2 heterocycles. The van der Waals surface area contributed by atoms with Gasteiger partial charge in [-0.2, -0.15) is 0 Å². The summed E-state index contributed by atoms with van der Waals surface area (Å²) in [7, 11) is 0. The smallest absolute Gasteiger partial charge is 0.272 e. The predicted molar refractivity (Wildman–Crippen MR) is 120 cm³/mol. The van der Waals surface area contributed by atoms with Crippen molar-refractivity contribution in [1.29, 1.82) is 0 Å². The number of nitrogens with zero attached hydrogens (tertiary/aromatic N) is 3. The fourth-order valence-electron chi connectivity index (χ4n) is 4.43. The first-order chi connectivity index (χ1) is 14.8. The Morgan fingerprint density at radius 3 is 2.30 bits per heavy atom. The molecule has 5 heteroatoms. The van der Waals surface area contributed by atoms with Crippen molar-refractivity contribution in [3.05, 3.63) is 65.9 Å². The summed E-state index contributed by atoms with van der Waals surface area (Å²) in [6, 6.07) is 18.8. The summed E-state index contributed by atoms with van der Waals surface area (Å²) in [5.41, 5.74) is 1.86. The molecule has 2 aliphatic rings. The van der Waals surface area contributed by atoms with Crippen LogP contribution >= 0.6 is 0 Å². The number of carbonyl (C=O) groups is 1. The minimum Gasteiger partial charge on any atom is -0.355 e. The lowest BCUT2D eigenvalue weighted by atomic mass is 9.90. The number of benzene rings is 2. The van der Waals surface area contributed by atoms with Crippen molar-refractivity contribution in [2.24, 2.45) is 11.8 Å². The Morgan fingerprint density at radius 2 is 1.57 bits per heavy atom. The Balaban J connectivity index is 1.31. The van der Waals surface area contributed by atoms with Gasteiger partial charge in [0.25, 0.3) is 5.91 Å². The largest absolute Gasteiger partial charge is 0.355 e. The van der Waals surface area contributed by atoms with Crippen LogP contribution in [0, 0.1) is 11.8 Å². The van der Waals surface area contributed by atoms with E-state index in [0.29, 0.717) is 17.5 Å². The fraction of sp³-hybridized carbons (Fsp3) is 0.400. The molecular formula is C25H28N4O. The van der Waals surface area contributed by atoms with E-state index in [1.807, 2.05) is 18.2 Å². The van der Waals surface area contributed by atoms with Crippen LogP contribution in [0.1, 0.15) is 41.7 Å². The van der Waals surface area contributed by atoms with Crippen molar-refractivity contribution in [2.45, 2.75) is 32.1 Å². The summed E-state index contributed by atoms with van der Waals surface area (Å²) >= 11 is 0. The van der Waals surface area contributed by atoms with Crippen LogP contribution < -0.4 is 10.2 Å². The Labute approximate surface area is 177 Å². The summed E-state index contributed by atoms with van der Waals surface area (Å²) in [5.74, 6) is 2.14. The first kappa shape index (κ1) is 19.0. The van der Waals surface area contributed by atoms with Crippen LogP contribution in [-0.4, -0.2) is 35.7 Å². The number of rotatable bonds is 6. The SMILES string of the molecule is O=C(NCC1CC1)c1nnc(N2CCC(Cc3ccccc3)CC2)c2ccccc12. The van der Waals surface area contributed by atoms with Crippen LogP contribution in [0.15, 0.2) is 54.6 Å². The number of hydrogen-bond acceptors (Lipinski definition) is 4. The van der Waals surface area contributed by atoms with E-state index < -0.39 is 0 Å². The molecule has 2 fully saturated rings. The van der Waals surface area contributed by atoms with Crippen molar-refractivity contribution in [1.82, 2.24) is 15.5 Å². The molecule has 0 bridgehead atoms. The van der Waals surface area contributed by atoms with Crippen LogP contribution in [0.25, 0.3) is 10.8 Å². The van der Waals surface area contributed by atoms with E-state index in [1.54, 1.807) is 0 Å². The Morgan fingerprint density at radius 1 is 0.867 bits per heavy atom. The molecule has 0 spiro atoms. The third-order valence-electron chi connectivity index (χ3n) is 6.41. The highest BCUT2D eigenvalue weighted by Crippen LogP contribution is 2.31. The van der Waals surface area contributed by atoms with Gasteiger partial charge in [-0.1, -0.05) is 54.6 Å². The van der Waals surface area contributed by atoms with E-state index >= 15 is 0 Å². The third-order valence-corrected chi connectivity index (χ3v) is 6.41. The van der Waals surface area contributed by atoms with E-state index in [1.165, 1.54) is 18.4 Å². The first-order valence-electron chi connectivity index (χ1n) is 11.1. The van der Waals surface area contributed by atoms with E-state index in [2.05, 4.69) is 56.8 Å². The predicted octanol–water partition coefficient (Wildman–Crippen LogP) is 4.23. The molecule has 3 aromatic rings. The molecule has 1 aliphatic heterocycles. The van der Waals surface area contributed by atoms with Gasteiger partial charge in [-0.3, -0.25) is 4.79 Å². The standard InChI is InChI=1S/C25H28N4O/c30-25(26-17-20-10-11-20)23-21-8-4-5-9-22(21)24(28-27-23)29-14-12-19(13-15-29)16-18-6-2-1-3-7-18/h1-9,19-20H,10-17H2,(H,26,30). The molecule has 0 radical (unpaired) electrons. The number of carbonyl (C=O) groups excluding carboxylic acids is 1. The zero-order valence-electron chi connectivity index (χ0n) is 17.3. The molecular weight excluding hydrogens is 372 g/mol. The highest BCUT2D eigenvalue weighted by Gasteiger charge is 2.25. The van der Waals surface area contributed by atoms with Gasteiger partial charge in [0.05, 0.1) is 0 Å². The van der Waals surface area contributed by atoms with Gasteiger partial charge in [-0.05, 0) is 49.5 Å². The van der Waals surface area contributed by atoms with Crippen molar-refractivity contribution in [3.8, 4) is 0 Å². The lowest BCUT2D eigenvalue weighted by Crippen LogP contribution is -2.35. The maximum Gasteiger partial charge on any atom is 0.272 e. The Kier molecular flexibility index (Phi) is 5.35. The molecule has 1 N–H and O–H groups in total. The zero-order valence-corrected chi connectivity index (χ0v) is 17.3. The number of nitrogens with one attached hydrogen (secondary N) is 1. The Bertz CT molecular complexity index is 1020. The monoisotopic (exact) mass is 400 g/mol. The number of aromatic nitrogens is 2. The minimum absolute atomic E-state index is 0.112. The van der Waals surface area contributed by atoms with Gasteiger partial charge in [-0.15, -0.1) is 10.2 Å². The first-order valence-corrected chi connectivity index (χ1v) is 11.1. The zero-order chi connectivity index (χ0) is 20.3. The van der Waals surface area contributed by atoms with E-state index in [0.717, 1.165) is 55.5 Å². The van der Waals surface area contributed by atoms with Gasteiger partial charge in [0, 0.05) is 30.4 Å². The van der Waals surface area contributed by atoms with Crippen LogP contribution in [0.4, 0.5) is 5.82 Å². The fourth-order valence-corrected chi connectivity index (χ4v) is 4.43. The Hall–Kier alpha value is -2.95. The van der Waals surface area contributed by atoms with Gasteiger partial charge in [0.2, 0.25) is 0 Å². The number of amides is 1. The summed E-state index contributed by atoms with van der Waals surface area (Å²) in [5, 5.41) is 13.8. The lowest BCUT2D eigenvalue weighted by Gasteiger charge is -2.33. The van der Waals surface area contributed by atoms with E-state index in [9.17, 15) is 4.79 Å². The van der Waals surface area contributed by atoms with Crippen LogP contribution in [0.5, 0.6) is 0 Å².